The minimum Gasteiger partial charge on any atom is -0.386 e. The second-order valence-corrected chi connectivity index (χ2v) is 8.22. The molecular weight excluding hydrogens is 366 g/mol. The lowest BCUT2D eigenvalue weighted by Gasteiger charge is -2.18. The van der Waals surface area contributed by atoms with Crippen LogP contribution in [0.5, 0.6) is 0 Å². The van der Waals surface area contributed by atoms with Crippen LogP contribution in [0, 0.1) is 0 Å². The maximum Gasteiger partial charge on any atom is 0.240 e. The average molecular weight is 384 g/mol. The maximum atomic E-state index is 12.2. The number of sulfonamides is 1. The van der Waals surface area contributed by atoms with Crippen molar-refractivity contribution in [3.8, 4) is 0 Å². The highest BCUT2D eigenvalue weighted by molar-refractivity contribution is 9.10. The van der Waals surface area contributed by atoms with Gasteiger partial charge in [-0.05, 0) is 49.2 Å². The Hall–Kier alpha value is -1.21. The number of nitrogens with one attached hydrogen (secondary N) is 1. The largest absolute Gasteiger partial charge is 0.386 e. The van der Waals surface area contributed by atoms with Gasteiger partial charge in [0.15, 0.2) is 0 Å². The summed E-state index contributed by atoms with van der Waals surface area (Å²) in [5.41, 5.74) is 0.704. The van der Waals surface area contributed by atoms with Crippen molar-refractivity contribution < 1.29 is 13.5 Å². The third-order valence-electron chi connectivity index (χ3n) is 3.25. The molecule has 22 heavy (non-hydrogen) atoms. The Morgan fingerprint density at radius 1 is 1.05 bits per heavy atom. The first kappa shape index (κ1) is 17.1. The number of hydrogen-bond donors (Lipinski definition) is 2. The first-order chi connectivity index (χ1) is 10.2. The summed E-state index contributed by atoms with van der Waals surface area (Å²) in [6, 6.07) is 13.7. The third kappa shape index (κ3) is 4.39. The molecule has 2 aromatic rings. The molecule has 0 atom stereocenters. The van der Waals surface area contributed by atoms with Crippen LogP contribution < -0.4 is 4.72 Å². The molecule has 0 saturated carbocycles. The SMILES string of the molecule is CC(C)(O)c1ccc(CNS(=O)(=O)c2ccc(Br)cc2)cc1. The molecule has 118 valence electrons. The second-order valence-electron chi connectivity index (χ2n) is 5.53. The van der Waals surface area contributed by atoms with Gasteiger partial charge in [0.05, 0.1) is 10.5 Å². The van der Waals surface area contributed by atoms with Gasteiger partial charge in [0, 0.05) is 11.0 Å². The molecule has 2 N–H and O–H groups in total. The van der Waals surface area contributed by atoms with Crippen LogP contribution in [0.2, 0.25) is 0 Å². The molecule has 0 unspecified atom stereocenters. The first-order valence-electron chi connectivity index (χ1n) is 6.75. The van der Waals surface area contributed by atoms with Gasteiger partial charge in [-0.3, -0.25) is 0 Å². The lowest BCUT2D eigenvalue weighted by atomic mass is 9.97. The van der Waals surface area contributed by atoms with Gasteiger partial charge in [0.1, 0.15) is 0 Å². The van der Waals surface area contributed by atoms with Gasteiger partial charge in [-0.15, -0.1) is 0 Å². The summed E-state index contributed by atoms with van der Waals surface area (Å²) in [4.78, 5) is 0.226. The van der Waals surface area contributed by atoms with E-state index in [1.165, 1.54) is 0 Å². The van der Waals surface area contributed by atoms with Gasteiger partial charge in [0.2, 0.25) is 10.0 Å². The van der Waals surface area contributed by atoms with E-state index in [-0.39, 0.29) is 11.4 Å². The summed E-state index contributed by atoms with van der Waals surface area (Å²) in [6.45, 7) is 3.61. The second kappa shape index (κ2) is 6.50. The molecule has 4 nitrogen and oxygen atoms in total. The molecule has 6 heteroatoms. The molecule has 0 radical (unpaired) electrons. The number of benzene rings is 2. The predicted molar refractivity (Wildman–Crippen MR) is 89.9 cm³/mol. The van der Waals surface area contributed by atoms with Crippen molar-refractivity contribution >= 4 is 26.0 Å². The molecule has 0 fully saturated rings. The summed E-state index contributed by atoms with van der Waals surface area (Å²) in [7, 11) is -3.53. The predicted octanol–water partition coefficient (Wildman–Crippen LogP) is 3.16. The standard InChI is InChI=1S/C16H18BrNO3S/c1-16(2,19)13-5-3-12(4-6-13)11-18-22(20,21)15-9-7-14(17)8-10-15/h3-10,18-19H,11H2,1-2H3. The zero-order valence-electron chi connectivity index (χ0n) is 12.4. The lowest BCUT2D eigenvalue weighted by molar-refractivity contribution is 0.0786. The van der Waals surface area contributed by atoms with Crippen LogP contribution in [-0.4, -0.2) is 13.5 Å². The number of hydrogen-bond acceptors (Lipinski definition) is 3. The van der Waals surface area contributed by atoms with Gasteiger partial charge in [-0.1, -0.05) is 40.2 Å². The van der Waals surface area contributed by atoms with Crippen LogP contribution in [0.4, 0.5) is 0 Å². The number of aliphatic hydroxyl groups is 1. The van der Waals surface area contributed by atoms with Crippen LogP contribution >= 0.6 is 15.9 Å². The van der Waals surface area contributed by atoms with Gasteiger partial charge < -0.3 is 5.11 Å². The number of rotatable bonds is 5. The van der Waals surface area contributed by atoms with E-state index in [4.69, 9.17) is 0 Å². The van der Waals surface area contributed by atoms with Crippen molar-refractivity contribution in [3.63, 3.8) is 0 Å². The quantitative estimate of drug-likeness (QED) is 0.832. The van der Waals surface area contributed by atoms with E-state index in [1.54, 1.807) is 62.4 Å². The molecule has 0 amide bonds. The molecule has 0 saturated heterocycles. The highest BCUT2D eigenvalue weighted by atomic mass is 79.9. The smallest absolute Gasteiger partial charge is 0.240 e. The fourth-order valence-electron chi connectivity index (χ4n) is 1.91. The van der Waals surface area contributed by atoms with E-state index in [0.717, 1.165) is 15.6 Å². The van der Waals surface area contributed by atoms with Crippen molar-refractivity contribution in [3.05, 3.63) is 64.1 Å². The zero-order chi connectivity index (χ0) is 16.4. The topological polar surface area (TPSA) is 66.4 Å². The van der Waals surface area contributed by atoms with Crippen LogP contribution in [0.15, 0.2) is 57.9 Å². The van der Waals surface area contributed by atoms with E-state index >= 15 is 0 Å². The van der Waals surface area contributed by atoms with Crippen molar-refractivity contribution in [2.24, 2.45) is 0 Å². The van der Waals surface area contributed by atoms with Gasteiger partial charge in [0.25, 0.3) is 0 Å². The monoisotopic (exact) mass is 383 g/mol. The highest BCUT2D eigenvalue weighted by Crippen LogP contribution is 2.20. The average Bonchev–Trinajstić information content (AvgIpc) is 2.45. The number of halogens is 1. The maximum absolute atomic E-state index is 12.2. The molecule has 2 rings (SSSR count). The van der Waals surface area contributed by atoms with Crippen LogP contribution in [-0.2, 0) is 22.2 Å². The molecule has 0 heterocycles. The van der Waals surface area contributed by atoms with E-state index in [0.29, 0.717) is 0 Å². The molecule has 0 aromatic heterocycles. The van der Waals surface area contributed by atoms with E-state index in [1.807, 2.05) is 0 Å². The molecule has 0 spiro atoms. The summed E-state index contributed by atoms with van der Waals surface area (Å²) in [6.07, 6.45) is 0. The molecule has 2 aromatic carbocycles. The lowest BCUT2D eigenvalue weighted by Crippen LogP contribution is -2.23. The zero-order valence-corrected chi connectivity index (χ0v) is 14.8. The summed E-state index contributed by atoms with van der Waals surface area (Å²) in [5.74, 6) is 0. The van der Waals surface area contributed by atoms with Crippen LogP contribution in [0.1, 0.15) is 25.0 Å². The molecule has 0 bridgehead atoms. The van der Waals surface area contributed by atoms with Crippen LogP contribution in [0.25, 0.3) is 0 Å². The summed E-state index contributed by atoms with van der Waals surface area (Å²) in [5, 5.41) is 9.89. The Balaban J connectivity index is 2.07. The van der Waals surface area contributed by atoms with Crippen LogP contribution in [0.3, 0.4) is 0 Å². The molecule has 0 aliphatic heterocycles. The highest BCUT2D eigenvalue weighted by Gasteiger charge is 2.16. The van der Waals surface area contributed by atoms with Gasteiger partial charge in [-0.2, -0.15) is 0 Å². The van der Waals surface area contributed by atoms with E-state index in [9.17, 15) is 13.5 Å². The molecular formula is C16H18BrNO3S. The van der Waals surface area contributed by atoms with Crippen molar-refractivity contribution in [2.75, 3.05) is 0 Å². The Kier molecular flexibility index (Phi) is 5.07. The van der Waals surface area contributed by atoms with Crippen molar-refractivity contribution in [1.82, 2.24) is 4.72 Å². The van der Waals surface area contributed by atoms with Crippen molar-refractivity contribution in [2.45, 2.75) is 30.9 Å². The third-order valence-corrected chi connectivity index (χ3v) is 5.20. The normalized spacial score (nSPS) is 12.4. The molecule has 0 aliphatic carbocycles. The summed E-state index contributed by atoms with van der Waals surface area (Å²) >= 11 is 3.27. The minimum absolute atomic E-state index is 0.199. The summed E-state index contributed by atoms with van der Waals surface area (Å²) < 4.78 is 27.7. The minimum atomic E-state index is -3.53. The van der Waals surface area contributed by atoms with E-state index in [2.05, 4.69) is 20.7 Å². The Morgan fingerprint density at radius 3 is 2.09 bits per heavy atom. The van der Waals surface area contributed by atoms with Crippen molar-refractivity contribution in [1.29, 1.82) is 0 Å². The first-order valence-corrected chi connectivity index (χ1v) is 9.03. The van der Waals surface area contributed by atoms with Gasteiger partial charge in [-0.25, -0.2) is 13.1 Å². The Morgan fingerprint density at radius 2 is 1.59 bits per heavy atom. The fourth-order valence-corrected chi connectivity index (χ4v) is 3.19. The van der Waals surface area contributed by atoms with E-state index < -0.39 is 15.6 Å². The van der Waals surface area contributed by atoms with Gasteiger partial charge >= 0.3 is 0 Å². The Labute approximate surface area is 139 Å². The molecule has 0 aliphatic rings. The Bertz CT molecular complexity index is 732. The fraction of sp³-hybridized carbons (Fsp3) is 0.250.